The number of allylic oxidation sites excluding steroid dienone is 1. The highest BCUT2D eigenvalue weighted by molar-refractivity contribution is 6.53. The first-order valence-electron chi connectivity index (χ1n) is 5.97. The smallest absolute Gasteiger partial charge is 0.320 e. The number of para-hydroxylation sites is 1. The van der Waals surface area contributed by atoms with Crippen molar-refractivity contribution in [3.8, 4) is 0 Å². The molecular formula is C14H13N3O3. The number of ketones is 2. The molecule has 6 heteroatoms. The summed E-state index contributed by atoms with van der Waals surface area (Å²) in [5.74, 6) is -1.01. The van der Waals surface area contributed by atoms with Crippen LogP contribution in [0.5, 0.6) is 0 Å². The number of anilines is 1. The van der Waals surface area contributed by atoms with E-state index < -0.39 is 29.4 Å². The first-order chi connectivity index (χ1) is 9.49. The van der Waals surface area contributed by atoms with Gasteiger partial charge in [0.15, 0.2) is 5.78 Å². The van der Waals surface area contributed by atoms with Crippen molar-refractivity contribution in [2.75, 3.05) is 5.32 Å². The summed E-state index contributed by atoms with van der Waals surface area (Å²) >= 11 is 0. The van der Waals surface area contributed by atoms with E-state index in [-0.39, 0.29) is 5.57 Å². The van der Waals surface area contributed by atoms with Gasteiger partial charge in [-0.2, -0.15) is 0 Å². The number of nitrogens with one attached hydrogen (secondary N) is 3. The second-order valence-corrected chi connectivity index (χ2v) is 4.37. The normalized spacial score (nSPS) is 18.6. The molecule has 3 N–H and O–H groups in total. The molecule has 0 fully saturated rings. The molecule has 102 valence electrons. The van der Waals surface area contributed by atoms with Crippen LogP contribution in [-0.2, 0) is 9.59 Å². The second-order valence-electron chi connectivity index (χ2n) is 4.37. The van der Waals surface area contributed by atoms with Crippen LogP contribution >= 0.6 is 0 Å². The lowest BCUT2D eigenvalue weighted by molar-refractivity contribution is -0.117. The van der Waals surface area contributed by atoms with Crippen LogP contribution < -0.4 is 10.6 Å². The van der Waals surface area contributed by atoms with Gasteiger partial charge < -0.3 is 10.6 Å². The SMILES string of the molecule is CC1=CC(=O)C(NC(=O)Nc2ccccc2)C(=N)C1=O. The maximum Gasteiger partial charge on any atom is 0.320 e. The molecule has 2 amide bonds. The monoisotopic (exact) mass is 271 g/mol. The Morgan fingerprint density at radius 2 is 1.85 bits per heavy atom. The third kappa shape index (κ3) is 2.80. The van der Waals surface area contributed by atoms with E-state index in [1.165, 1.54) is 6.92 Å². The highest BCUT2D eigenvalue weighted by Crippen LogP contribution is 2.10. The fourth-order valence-electron chi connectivity index (χ4n) is 1.81. The molecule has 6 nitrogen and oxygen atoms in total. The van der Waals surface area contributed by atoms with E-state index in [4.69, 9.17) is 5.41 Å². The second kappa shape index (κ2) is 5.48. The highest BCUT2D eigenvalue weighted by Gasteiger charge is 2.33. The number of Topliss-reactive ketones (excluding diaryl/α,β-unsaturated/α-hetero) is 1. The van der Waals surface area contributed by atoms with Crippen LogP contribution in [0, 0.1) is 5.41 Å². The summed E-state index contributed by atoms with van der Waals surface area (Å²) in [4.78, 5) is 35.1. The molecule has 2 rings (SSSR count). The maximum absolute atomic E-state index is 11.8. The zero-order chi connectivity index (χ0) is 14.7. The number of hydrogen-bond acceptors (Lipinski definition) is 4. The quantitative estimate of drug-likeness (QED) is 0.755. The minimum Gasteiger partial charge on any atom is -0.322 e. The van der Waals surface area contributed by atoms with Gasteiger partial charge in [0.2, 0.25) is 5.78 Å². The van der Waals surface area contributed by atoms with Crippen LogP contribution in [0.25, 0.3) is 0 Å². The highest BCUT2D eigenvalue weighted by atomic mass is 16.2. The van der Waals surface area contributed by atoms with Gasteiger partial charge in [0, 0.05) is 11.3 Å². The molecule has 1 aromatic rings. The van der Waals surface area contributed by atoms with Gasteiger partial charge in [-0.05, 0) is 25.1 Å². The standard InChI is InChI=1S/C14H13N3O3/c1-8-7-10(18)12(11(15)13(8)19)17-14(20)16-9-5-3-2-4-6-9/h2-7,12,15H,1H3,(H2,16,17,20). The third-order valence-electron chi connectivity index (χ3n) is 2.84. The number of carbonyl (C=O) groups is 3. The Kier molecular flexibility index (Phi) is 3.74. The van der Waals surface area contributed by atoms with Crippen molar-refractivity contribution in [3.05, 3.63) is 42.0 Å². The van der Waals surface area contributed by atoms with Gasteiger partial charge in [0.05, 0.1) is 0 Å². The molecule has 0 spiro atoms. The van der Waals surface area contributed by atoms with Crippen molar-refractivity contribution in [3.63, 3.8) is 0 Å². The van der Waals surface area contributed by atoms with Crippen LogP contribution in [0.1, 0.15) is 6.92 Å². The van der Waals surface area contributed by atoms with Crippen LogP contribution in [0.3, 0.4) is 0 Å². The Morgan fingerprint density at radius 1 is 1.20 bits per heavy atom. The van der Waals surface area contributed by atoms with E-state index in [0.717, 1.165) is 6.08 Å². The van der Waals surface area contributed by atoms with Crippen molar-refractivity contribution >= 4 is 29.0 Å². The fourth-order valence-corrected chi connectivity index (χ4v) is 1.81. The molecule has 1 aliphatic carbocycles. The number of benzene rings is 1. The summed E-state index contributed by atoms with van der Waals surface area (Å²) in [6.45, 7) is 1.47. The predicted octanol–water partition coefficient (Wildman–Crippen LogP) is 1.29. The van der Waals surface area contributed by atoms with Gasteiger partial charge in [-0.15, -0.1) is 0 Å². The maximum atomic E-state index is 11.8. The summed E-state index contributed by atoms with van der Waals surface area (Å²) in [6, 6.07) is 6.80. The number of urea groups is 1. The Hall–Kier alpha value is -2.76. The van der Waals surface area contributed by atoms with Gasteiger partial charge in [-0.25, -0.2) is 4.79 Å². The minimum absolute atomic E-state index is 0.210. The predicted molar refractivity (Wildman–Crippen MR) is 73.9 cm³/mol. The molecule has 0 bridgehead atoms. The Bertz CT molecular complexity index is 620. The van der Waals surface area contributed by atoms with Crippen molar-refractivity contribution < 1.29 is 14.4 Å². The van der Waals surface area contributed by atoms with E-state index in [1.807, 2.05) is 0 Å². The van der Waals surface area contributed by atoms with Gasteiger partial charge in [0.1, 0.15) is 11.8 Å². The fraction of sp³-hybridized carbons (Fsp3) is 0.143. The Balaban J connectivity index is 2.06. The van der Waals surface area contributed by atoms with Crippen LogP contribution in [0.4, 0.5) is 10.5 Å². The number of hydrogen-bond donors (Lipinski definition) is 3. The van der Waals surface area contributed by atoms with Crippen LogP contribution in [-0.4, -0.2) is 29.4 Å². The summed E-state index contributed by atoms with van der Waals surface area (Å²) < 4.78 is 0. The zero-order valence-corrected chi connectivity index (χ0v) is 10.8. The van der Waals surface area contributed by atoms with Crippen molar-refractivity contribution in [1.82, 2.24) is 5.32 Å². The van der Waals surface area contributed by atoms with Crippen molar-refractivity contribution in [2.45, 2.75) is 13.0 Å². The summed E-state index contributed by atoms with van der Waals surface area (Å²) in [6.07, 6.45) is 1.15. The average molecular weight is 271 g/mol. The van der Waals surface area contributed by atoms with E-state index in [9.17, 15) is 14.4 Å². The molecule has 1 aromatic carbocycles. The lowest BCUT2D eigenvalue weighted by Gasteiger charge is -2.20. The largest absolute Gasteiger partial charge is 0.322 e. The van der Waals surface area contributed by atoms with E-state index >= 15 is 0 Å². The van der Waals surface area contributed by atoms with Crippen LogP contribution in [0.2, 0.25) is 0 Å². The topological polar surface area (TPSA) is 99.1 Å². The van der Waals surface area contributed by atoms with E-state index in [2.05, 4.69) is 10.6 Å². The molecule has 0 aromatic heterocycles. The molecule has 1 aliphatic rings. The molecular weight excluding hydrogens is 258 g/mol. The molecule has 1 atom stereocenters. The van der Waals surface area contributed by atoms with Crippen molar-refractivity contribution in [2.24, 2.45) is 0 Å². The van der Waals surface area contributed by atoms with Gasteiger partial charge in [-0.3, -0.25) is 15.0 Å². The molecule has 0 saturated heterocycles. The minimum atomic E-state index is -1.23. The van der Waals surface area contributed by atoms with Gasteiger partial charge >= 0.3 is 6.03 Å². The molecule has 1 unspecified atom stereocenters. The van der Waals surface area contributed by atoms with Gasteiger partial charge in [-0.1, -0.05) is 18.2 Å². The summed E-state index contributed by atoms with van der Waals surface area (Å²) in [7, 11) is 0. The van der Waals surface area contributed by atoms with E-state index in [1.54, 1.807) is 30.3 Å². The molecule has 20 heavy (non-hydrogen) atoms. The lowest BCUT2D eigenvalue weighted by Crippen LogP contribution is -2.51. The molecule has 0 saturated carbocycles. The molecule has 0 radical (unpaired) electrons. The molecule has 0 heterocycles. The van der Waals surface area contributed by atoms with Crippen molar-refractivity contribution in [1.29, 1.82) is 5.41 Å². The number of carbonyl (C=O) groups excluding carboxylic acids is 3. The summed E-state index contributed by atoms with van der Waals surface area (Å²) in [5, 5.41) is 12.5. The van der Waals surface area contributed by atoms with Crippen LogP contribution in [0.15, 0.2) is 42.0 Å². The Labute approximate surface area is 115 Å². The average Bonchev–Trinajstić information content (AvgIpc) is 2.42. The zero-order valence-electron chi connectivity index (χ0n) is 10.8. The van der Waals surface area contributed by atoms with Gasteiger partial charge in [0.25, 0.3) is 0 Å². The number of rotatable bonds is 2. The first kappa shape index (κ1) is 13.7. The Morgan fingerprint density at radius 3 is 2.50 bits per heavy atom. The molecule has 0 aliphatic heterocycles. The summed E-state index contributed by atoms with van der Waals surface area (Å²) in [5.41, 5.74) is 0.345. The third-order valence-corrected chi connectivity index (χ3v) is 2.84. The lowest BCUT2D eigenvalue weighted by atomic mass is 9.92. The first-order valence-corrected chi connectivity index (χ1v) is 5.97. The number of amides is 2. The van der Waals surface area contributed by atoms with E-state index in [0.29, 0.717) is 5.69 Å².